The summed E-state index contributed by atoms with van der Waals surface area (Å²) in [4.78, 5) is 15.0. The van der Waals surface area contributed by atoms with Crippen molar-refractivity contribution in [3.05, 3.63) is 94.5 Å². The zero-order chi connectivity index (χ0) is 23.4. The highest BCUT2D eigenvalue weighted by Gasteiger charge is 2.28. The third-order valence-electron chi connectivity index (χ3n) is 5.71. The minimum absolute atomic E-state index is 0.182. The molecule has 1 heterocycles. The van der Waals surface area contributed by atoms with Gasteiger partial charge in [0.2, 0.25) is 10.0 Å². The van der Waals surface area contributed by atoms with Crippen LogP contribution in [-0.2, 0) is 16.6 Å². The van der Waals surface area contributed by atoms with Crippen molar-refractivity contribution in [3.63, 3.8) is 0 Å². The fourth-order valence-electron chi connectivity index (χ4n) is 3.74. The van der Waals surface area contributed by atoms with E-state index in [1.54, 1.807) is 52.8 Å². The quantitative estimate of drug-likeness (QED) is 0.564. The monoisotopic (exact) mass is 483 g/mol. The van der Waals surface area contributed by atoms with E-state index in [0.717, 1.165) is 11.1 Å². The molecule has 0 bridgehead atoms. The molecule has 0 atom stereocenters. The smallest absolute Gasteiger partial charge is 0.255 e. The number of nitrogens with zero attached hydrogens (tertiary/aromatic N) is 2. The number of benzene rings is 3. The lowest BCUT2D eigenvalue weighted by Gasteiger charge is -2.34. The summed E-state index contributed by atoms with van der Waals surface area (Å²) in [6.07, 6.45) is 0. The highest BCUT2D eigenvalue weighted by Crippen LogP contribution is 2.20. The number of rotatable bonds is 6. The summed E-state index contributed by atoms with van der Waals surface area (Å²) in [6.45, 7) is 4.87. The van der Waals surface area contributed by atoms with Crippen LogP contribution in [0.3, 0.4) is 0 Å². The van der Waals surface area contributed by atoms with Gasteiger partial charge < -0.3 is 5.32 Å². The van der Waals surface area contributed by atoms with Gasteiger partial charge in [-0.05, 0) is 61.0 Å². The van der Waals surface area contributed by atoms with E-state index in [4.69, 9.17) is 11.6 Å². The first kappa shape index (κ1) is 23.4. The van der Waals surface area contributed by atoms with Crippen LogP contribution in [0, 0.1) is 6.92 Å². The standard InChI is InChI=1S/C25H26ClN3O3S/c1-19-2-12-24(13-3-19)33(31,32)29-16-14-28(15-17-29)18-20-4-6-21(7-5-20)25(30)27-23-10-8-22(26)9-11-23/h2-13H,14-18H2,1H3,(H,27,30). The molecule has 6 nitrogen and oxygen atoms in total. The third kappa shape index (κ3) is 5.81. The Kier molecular flexibility index (Phi) is 7.14. The van der Waals surface area contributed by atoms with Crippen LogP contribution < -0.4 is 5.32 Å². The van der Waals surface area contributed by atoms with E-state index in [2.05, 4.69) is 10.2 Å². The Morgan fingerprint density at radius 3 is 2.09 bits per heavy atom. The van der Waals surface area contributed by atoms with Crippen molar-refractivity contribution in [1.82, 2.24) is 9.21 Å². The molecule has 0 spiro atoms. The number of carbonyl (C=O) groups excluding carboxylic acids is 1. The summed E-state index contributed by atoms with van der Waals surface area (Å²) in [7, 11) is -3.46. The lowest BCUT2D eigenvalue weighted by Crippen LogP contribution is -2.48. The van der Waals surface area contributed by atoms with Crippen LogP contribution >= 0.6 is 11.6 Å². The Morgan fingerprint density at radius 2 is 1.48 bits per heavy atom. The first-order valence-corrected chi connectivity index (χ1v) is 12.6. The number of piperazine rings is 1. The molecule has 0 aromatic heterocycles. The van der Waals surface area contributed by atoms with Crippen molar-refractivity contribution < 1.29 is 13.2 Å². The molecular weight excluding hydrogens is 458 g/mol. The van der Waals surface area contributed by atoms with Gasteiger partial charge in [0, 0.05) is 49.0 Å². The van der Waals surface area contributed by atoms with Crippen LogP contribution in [0.5, 0.6) is 0 Å². The van der Waals surface area contributed by atoms with Gasteiger partial charge in [-0.3, -0.25) is 9.69 Å². The van der Waals surface area contributed by atoms with Crippen LogP contribution in [0.1, 0.15) is 21.5 Å². The largest absolute Gasteiger partial charge is 0.322 e. The Bertz CT molecular complexity index is 1200. The van der Waals surface area contributed by atoms with Gasteiger partial charge in [-0.25, -0.2) is 8.42 Å². The maximum Gasteiger partial charge on any atom is 0.255 e. The van der Waals surface area contributed by atoms with E-state index in [-0.39, 0.29) is 5.91 Å². The summed E-state index contributed by atoms with van der Waals surface area (Å²) in [5, 5.41) is 3.47. The Morgan fingerprint density at radius 1 is 0.879 bits per heavy atom. The van der Waals surface area contributed by atoms with E-state index in [0.29, 0.717) is 53.9 Å². The average Bonchev–Trinajstić information content (AvgIpc) is 2.82. The van der Waals surface area contributed by atoms with Gasteiger partial charge in [-0.15, -0.1) is 0 Å². The van der Waals surface area contributed by atoms with Crippen molar-refractivity contribution in [2.45, 2.75) is 18.4 Å². The highest BCUT2D eigenvalue weighted by atomic mass is 35.5. The Hall–Kier alpha value is -2.71. The second kappa shape index (κ2) is 10.1. The van der Waals surface area contributed by atoms with E-state index in [9.17, 15) is 13.2 Å². The Labute approximate surface area is 199 Å². The summed E-state index contributed by atoms with van der Waals surface area (Å²) in [5.41, 5.74) is 3.37. The van der Waals surface area contributed by atoms with Gasteiger partial charge in [-0.2, -0.15) is 4.31 Å². The zero-order valence-electron chi connectivity index (χ0n) is 18.4. The summed E-state index contributed by atoms with van der Waals surface area (Å²) in [6, 6.07) is 21.4. The van der Waals surface area contributed by atoms with Gasteiger partial charge in [0.1, 0.15) is 0 Å². The van der Waals surface area contributed by atoms with Crippen LogP contribution in [0.2, 0.25) is 5.02 Å². The number of halogens is 1. The highest BCUT2D eigenvalue weighted by molar-refractivity contribution is 7.89. The van der Waals surface area contributed by atoms with Gasteiger partial charge in [0.25, 0.3) is 5.91 Å². The maximum absolute atomic E-state index is 12.9. The molecule has 172 valence electrons. The number of carbonyl (C=O) groups is 1. The molecule has 0 unspecified atom stereocenters. The average molecular weight is 484 g/mol. The van der Waals surface area contributed by atoms with Crippen LogP contribution in [0.25, 0.3) is 0 Å². The number of anilines is 1. The molecular formula is C25H26ClN3O3S. The van der Waals surface area contributed by atoms with Crippen LogP contribution in [0.4, 0.5) is 5.69 Å². The first-order valence-electron chi connectivity index (χ1n) is 10.8. The molecule has 8 heteroatoms. The van der Waals surface area contributed by atoms with Crippen molar-refractivity contribution in [2.24, 2.45) is 0 Å². The predicted molar refractivity (Wildman–Crippen MR) is 131 cm³/mol. The van der Waals surface area contributed by atoms with Crippen molar-refractivity contribution >= 4 is 33.2 Å². The number of nitrogens with one attached hydrogen (secondary N) is 1. The summed E-state index contributed by atoms with van der Waals surface area (Å²) < 4.78 is 27.3. The molecule has 0 radical (unpaired) electrons. The topological polar surface area (TPSA) is 69.7 Å². The van der Waals surface area contributed by atoms with Crippen molar-refractivity contribution in [2.75, 3.05) is 31.5 Å². The third-order valence-corrected chi connectivity index (χ3v) is 7.88. The normalized spacial score (nSPS) is 15.3. The lowest BCUT2D eigenvalue weighted by atomic mass is 10.1. The molecule has 0 saturated carbocycles. The molecule has 33 heavy (non-hydrogen) atoms. The lowest BCUT2D eigenvalue weighted by molar-refractivity contribution is 0.102. The second-order valence-corrected chi connectivity index (χ2v) is 10.5. The van der Waals surface area contributed by atoms with Crippen LogP contribution in [-0.4, -0.2) is 49.7 Å². The molecule has 1 aliphatic heterocycles. The number of amides is 1. The molecule has 3 aromatic rings. The minimum Gasteiger partial charge on any atom is -0.322 e. The molecule has 4 rings (SSSR count). The number of aryl methyl sites for hydroxylation is 1. The molecule has 0 aliphatic carbocycles. The molecule has 1 fully saturated rings. The zero-order valence-corrected chi connectivity index (χ0v) is 19.9. The van der Waals surface area contributed by atoms with E-state index in [1.807, 2.05) is 31.2 Å². The van der Waals surface area contributed by atoms with Gasteiger partial charge >= 0.3 is 0 Å². The van der Waals surface area contributed by atoms with Gasteiger partial charge in [-0.1, -0.05) is 41.4 Å². The van der Waals surface area contributed by atoms with Crippen LogP contribution in [0.15, 0.2) is 77.7 Å². The molecule has 1 N–H and O–H groups in total. The molecule has 1 amide bonds. The van der Waals surface area contributed by atoms with Gasteiger partial charge in [0.15, 0.2) is 0 Å². The van der Waals surface area contributed by atoms with E-state index < -0.39 is 10.0 Å². The summed E-state index contributed by atoms with van der Waals surface area (Å²) >= 11 is 5.88. The number of hydrogen-bond donors (Lipinski definition) is 1. The fraction of sp³-hybridized carbons (Fsp3) is 0.240. The van der Waals surface area contributed by atoms with Gasteiger partial charge in [0.05, 0.1) is 4.90 Å². The maximum atomic E-state index is 12.9. The SMILES string of the molecule is Cc1ccc(S(=O)(=O)N2CCN(Cc3ccc(C(=O)Nc4ccc(Cl)cc4)cc3)CC2)cc1. The fourth-order valence-corrected chi connectivity index (χ4v) is 5.29. The number of sulfonamides is 1. The van der Waals surface area contributed by atoms with Crippen molar-refractivity contribution in [1.29, 1.82) is 0 Å². The predicted octanol–water partition coefficient (Wildman–Crippen LogP) is 4.41. The van der Waals surface area contributed by atoms with Crippen molar-refractivity contribution in [3.8, 4) is 0 Å². The summed E-state index contributed by atoms with van der Waals surface area (Å²) in [5.74, 6) is -0.182. The number of hydrogen-bond acceptors (Lipinski definition) is 4. The van der Waals surface area contributed by atoms with E-state index >= 15 is 0 Å². The van der Waals surface area contributed by atoms with E-state index in [1.165, 1.54) is 0 Å². The molecule has 1 aliphatic rings. The minimum atomic E-state index is -3.46. The first-order chi connectivity index (χ1) is 15.8. The molecule has 1 saturated heterocycles. The second-order valence-electron chi connectivity index (χ2n) is 8.15. The molecule has 3 aromatic carbocycles. The Balaban J connectivity index is 1.31.